The molecule has 0 saturated carbocycles. The first-order valence-corrected chi connectivity index (χ1v) is 7.77. The maximum Gasteiger partial charge on any atom is 0.308 e. The van der Waals surface area contributed by atoms with Crippen molar-refractivity contribution in [3.8, 4) is 5.75 Å². The third-order valence-corrected chi connectivity index (χ3v) is 3.52. The van der Waals surface area contributed by atoms with Crippen molar-refractivity contribution >= 4 is 23.5 Å². The van der Waals surface area contributed by atoms with Gasteiger partial charge in [0.1, 0.15) is 5.75 Å². The van der Waals surface area contributed by atoms with Crippen molar-refractivity contribution in [1.82, 2.24) is 5.32 Å². The average molecular weight is 328 g/mol. The summed E-state index contributed by atoms with van der Waals surface area (Å²) in [5.41, 5.74) is 0.689. The summed E-state index contributed by atoms with van der Waals surface area (Å²) in [6, 6.07) is 5.23. The molecule has 22 heavy (non-hydrogen) atoms. The van der Waals surface area contributed by atoms with E-state index in [-0.39, 0.29) is 18.9 Å². The van der Waals surface area contributed by atoms with Gasteiger partial charge in [0, 0.05) is 12.1 Å². The number of carbonyl (C=O) groups is 2. The Balaban J connectivity index is 2.65. The van der Waals surface area contributed by atoms with E-state index in [4.69, 9.17) is 21.4 Å². The van der Waals surface area contributed by atoms with Crippen LogP contribution in [0.2, 0.25) is 5.02 Å². The lowest BCUT2D eigenvalue weighted by atomic mass is 10.0. The van der Waals surface area contributed by atoms with Gasteiger partial charge in [-0.3, -0.25) is 9.59 Å². The van der Waals surface area contributed by atoms with Crippen molar-refractivity contribution in [2.75, 3.05) is 13.2 Å². The first-order valence-electron chi connectivity index (χ1n) is 7.39. The molecule has 1 amide bonds. The van der Waals surface area contributed by atoms with E-state index in [0.29, 0.717) is 29.4 Å². The number of ether oxygens (including phenoxy) is 1. The predicted molar refractivity (Wildman–Crippen MR) is 85.4 cm³/mol. The van der Waals surface area contributed by atoms with Crippen molar-refractivity contribution in [2.24, 2.45) is 5.92 Å². The molecular formula is C16H22ClNO4. The largest absolute Gasteiger partial charge is 0.492 e. The number of hydrogen-bond acceptors (Lipinski definition) is 3. The standard InChI is InChI=1S/C16H22ClNO4/c1-3-6-12(16(20)21)10-18-14(19)9-11-7-5-8-13(17)15(11)22-4-2/h5,7-8,12H,3-4,6,9-10H2,1-2H3,(H,18,19)(H,20,21). The zero-order chi connectivity index (χ0) is 16.5. The van der Waals surface area contributed by atoms with Crippen LogP contribution in [0.15, 0.2) is 18.2 Å². The van der Waals surface area contributed by atoms with Crippen molar-refractivity contribution in [3.05, 3.63) is 28.8 Å². The average Bonchev–Trinajstić information content (AvgIpc) is 2.46. The van der Waals surface area contributed by atoms with Gasteiger partial charge in [-0.05, 0) is 19.4 Å². The van der Waals surface area contributed by atoms with Crippen molar-refractivity contribution in [1.29, 1.82) is 0 Å². The zero-order valence-electron chi connectivity index (χ0n) is 12.9. The molecule has 0 spiro atoms. The van der Waals surface area contributed by atoms with Gasteiger partial charge >= 0.3 is 5.97 Å². The molecule has 1 unspecified atom stereocenters. The van der Waals surface area contributed by atoms with Gasteiger partial charge in [-0.1, -0.05) is 37.1 Å². The minimum Gasteiger partial charge on any atom is -0.492 e. The molecule has 1 atom stereocenters. The van der Waals surface area contributed by atoms with E-state index in [1.54, 1.807) is 18.2 Å². The number of carboxylic acid groups (broad SMARTS) is 1. The molecule has 1 aromatic carbocycles. The molecule has 1 aromatic rings. The molecule has 0 fully saturated rings. The summed E-state index contributed by atoms with van der Waals surface area (Å²) in [5.74, 6) is -1.18. The number of hydrogen-bond donors (Lipinski definition) is 2. The SMILES string of the molecule is CCCC(CNC(=O)Cc1cccc(Cl)c1OCC)C(=O)O. The minimum absolute atomic E-state index is 0.106. The highest BCUT2D eigenvalue weighted by Crippen LogP contribution is 2.29. The summed E-state index contributed by atoms with van der Waals surface area (Å²) in [6.45, 7) is 4.34. The van der Waals surface area contributed by atoms with Crippen molar-refractivity contribution in [2.45, 2.75) is 33.1 Å². The van der Waals surface area contributed by atoms with Gasteiger partial charge in [-0.25, -0.2) is 0 Å². The molecule has 0 radical (unpaired) electrons. The summed E-state index contributed by atoms with van der Waals surface area (Å²) in [5, 5.41) is 12.2. The van der Waals surface area contributed by atoms with Crippen LogP contribution in [-0.4, -0.2) is 30.1 Å². The van der Waals surface area contributed by atoms with Crippen LogP contribution < -0.4 is 10.1 Å². The smallest absolute Gasteiger partial charge is 0.308 e. The van der Waals surface area contributed by atoms with Crippen LogP contribution >= 0.6 is 11.6 Å². The Morgan fingerprint density at radius 1 is 1.36 bits per heavy atom. The van der Waals surface area contributed by atoms with E-state index >= 15 is 0 Å². The molecule has 0 aliphatic carbocycles. The highest BCUT2D eigenvalue weighted by Gasteiger charge is 2.18. The summed E-state index contributed by atoms with van der Waals surface area (Å²) in [7, 11) is 0. The fourth-order valence-electron chi connectivity index (χ4n) is 2.13. The second-order valence-corrected chi connectivity index (χ2v) is 5.37. The molecule has 2 N–H and O–H groups in total. The topological polar surface area (TPSA) is 75.6 Å². The van der Waals surface area contributed by atoms with Gasteiger partial charge in [0.15, 0.2) is 0 Å². The predicted octanol–water partition coefficient (Wildman–Crippen LogP) is 2.90. The first kappa shape index (κ1) is 18.3. The van der Waals surface area contributed by atoms with Gasteiger partial charge in [-0.2, -0.15) is 0 Å². The first-order chi connectivity index (χ1) is 10.5. The third-order valence-electron chi connectivity index (χ3n) is 3.22. The van der Waals surface area contributed by atoms with E-state index in [9.17, 15) is 9.59 Å². The Hall–Kier alpha value is -1.75. The third kappa shape index (κ3) is 5.56. The van der Waals surface area contributed by atoms with E-state index in [0.717, 1.165) is 6.42 Å². The molecule has 0 aliphatic rings. The van der Waals surface area contributed by atoms with Gasteiger partial charge < -0.3 is 15.2 Å². The van der Waals surface area contributed by atoms with Crippen LogP contribution in [0.5, 0.6) is 5.75 Å². The molecule has 0 aromatic heterocycles. The molecule has 0 saturated heterocycles. The minimum atomic E-state index is -0.889. The Morgan fingerprint density at radius 2 is 2.09 bits per heavy atom. The fraction of sp³-hybridized carbons (Fsp3) is 0.500. The van der Waals surface area contributed by atoms with Crippen molar-refractivity contribution < 1.29 is 19.4 Å². The quantitative estimate of drug-likeness (QED) is 0.731. The van der Waals surface area contributed by atoms with Gasteiger partial charge in [0.05, 0.1) is 24.0 Å². The summed E-state index contributed by atoms with van der Waals surface area (Å²) in [4.78, 5) is 23.1. The Labute approximate surface area is 135 Å². The van der Waals surface area contributed by atoms with Gasteiger partial charge in [0.25, 0.3) is 0 Å². The molecule has 0 heterocycles. The maximum atomic E-state index is 12.0. The lowest BCUT2D eigenvalue weighted by molar-refractivity contribution is -0.141. The van der Waals surface area contributed by atoms with Crippen LogP contribution in [0, 0.1) is 5.92 Å². The zero-order valence-corrected chi connectivity index (χ0v) is 13.7. The fourth-order valence-corrected chi connectivity index (χ4v) is 2.38. The van der Waals surface area contributed by atoms with Crippen LogP contribution in [0.25, 0.3) is 0 Å². The van der Waals surface area contributed by atoms with Crippen molar-refractivity contribution in [3.63, 3.8) is 0 Å². The summed E-state index contributed by atoms with van der Waals surface area (Å²) in [6.07, 6.45) is 1.40. The lowest BCUT2D eigenvalue weighted by Crippen LogP contribution is -2.33. The second kappa shape index (κ2) is 9.30. The molecular weight excluding hydrogens is 306 g/mol. The molecule has 122 valence electrons. The summed E-state index contributed by atoms with van der Waals surface area (Å²) < 4.78 is 5.46. The number of nitrogens with one attached hydrogen (secondary N) is 1. The number of benzene rings is 1. The van der Waals surface area contributed by atoms with Gasteiger partial charge in [-0.15, -0.1) is 0 Å². The summed E-state index contributed by atoms with van der Waals surface area (Å²) >= 11 is 6.07. The number of aliphatic carboxylic acids is 1. The number of rotatable bonds is 9. The molecule has 0 aliphatic heterocycles. The molecule has 0 bridgehead atoms. The van der Waals surface area contributed by atoms with Crippen LogP contribution in [0.4, 0.5) is 0 Å². The maximum absolute atomic E-state index is 12.0. The van der Waals surface area contributed by atoms with E-state index in [1.807, 2.05) is 13.8 Å². The number of amides is 1. The number of carbonyl (C=O) groups excluding carboxylic acids is 1. The number of para-hydroxylation sites is 1. The second-order valence-electron chi connectivity index (χ2n) is 4.97. The Morgan fingerprint density at radius 3 is 2.68 bits per heavy atom. The monoisotopic (exact) mass is 327 g/mol. The van der Waals surface area contributed by atoms with E-state index in [2.05, 4.69) is 5.32 Å². The molecule has 6 heteroatoms. The molecule has 1 rings (SSSR count). The number of halogens is 1. The van der Waals surface area contributed by atoms with E-state index in [1.165, 1.54) is 0 Å². The van der Waals surface area contributed by atoms with Crippen LogP contribution in [0.1, 0.15) is 32.3 Å². The number of carboxylic acids is 1. The Kier molecular flexibility index (Phi) is 7.74. The van der Waals surface area contributed by atoms with E-state index < -0.39 is 11.9 Å². The molecule has 5 nitrogen and oxygen atoms in total. The van der Waals surface area contributed by atoms with Crippen LogP contribution in [-0.2, 0) is 16.0 Å². The Bertz CT molecular complexity index is 519. The highest BCUT2D eigenvalue weighted by molar-refractivity contribution is 6.32. The van der Waals surface area contributed by atoms with Crippen LogP contribution in [0.3, 0.4) is 0 Å². The highest BCUT2D eigenvalue weighted by atomic mass is 35.5. The van der Waals surface area contributed by atoms with Gasteiger partial charge in [0.2, 0.25) is 5.91 Å². The normalized spacial score (nSPS) is 11.8. The lowest BCUT2D eigenvalue weighted by Gasteiger charge is -2.14.